The molecule has 0 unspecified atom stereocenters. The van der Waals surface area contributed by atoms with Gasteiger partial charge in [0.05, 0.1) is 30.5 Å². The van der Waals surface area contributed by atoms with Gasteiger partial charge in [-0.05, 0) is 53.9 Å². The quantitative estimate of drug-likeness (QED) is 0.129. The van der Waals surface area contributed by atoms with Gasteiger partial charge in [-0.25, -0.2) is 4.98 Å². The second-order valence-corrected chi connectivity index (χ2v) is 17.9. The average Bonchev–Trinajstić information content (AvgIpc) is 3.55. The molecule has 4 aromatic heterocycles. The van der Waals surface area contributed by atoms with Crippen LogP contribution in [0.25, 0.3) is 55.7 Å². The molecule has 231 valence electrons. The zero-order valence-electron chi connectivity index (χ0n) is 26.9. The van der Waals surface area contributed by atoms with Crippen molar-refractivity contribution in [2.24, 2.45) is 13.0 Å². The Bertz CT molecular complexity index is 2090. The van der Waals surface area contributed by atoms with Crippen LogP contribution in [0.2, 0.25) is 19.6 Å². The number of hydrogen-bond donors (Lipinski definition) is 0. The number of furan rings is 1. The van der Waals surface area contributed by atoms with E-state index < -0.39 is 8.07 Å². The van der Waals surface area contributed by atoms with Crippen LogP contribution in [-0.4, -0.2) is 27.6 Å². The molecule has 7 heteroatoms. The molecule has 0 aliphatic rings. The van der Waals surface area contributed by atoms with Crippen LogP contribution in [0, 0.1) is 25.0 Å². The summed E-state index contributed by atoms with van der Waals surface area (Å²) in [5.41, 5.74) is 9.20. The number of hydrogen-bond acceptors (Lipinski definition) is 4. The van der Waals surface area contributed by atoms with E-state index >= 15 is 0 Å². The number of fused-ring (bicyclic) bond motifs is 4. The molecule has 1 radical (unpaired) electrons. The summed E-state index contributed by atoms with van der Waals surface area (Å²) >= 11 is 0. The minimum Gasteiger partial charge on any atom is -0.486 e. The van der Waals surface area contributed by atoms with Crippen molar-refractivity contribution in [3.63, 3.8) is 0 Å². The smallest absolute Gasteiger partial charge is 0.216 e. The minimum absolute atomic E-state index is 0. The van der Waals surface area contributed by atoms with Crippen molar-refractivity contribution in [2.45, 2.75) is 46.8 Å². The Labute approximate surface area is 280 Å². The third-order valence-corrected chi connectivity index (χ3v) is 10.0. The van der Waals surface area contributed by atoms with Crippen molar-refractivity contribution >= 4 is 46.4 Å². The maximum Gasteiger partial charge on any atom is 0.216 e. The zero-order valence-corrected chi connectivity index (χ0v) is 30.3. The van der Waals surface area contributed by atoms with Crippen LogP contribution in [0.1, 0.15) is 25.0 Å². The Morgan fingerprint density at radius 3 is 2.44 bits per heavy atom. The number of para-hydroxylation sites is 1. The molecule has 4 heterocycles. The predicted octanol–water partition coefficient (Wildman–Crippen LogP) is 8.93. The summed E-state index contributed by atoms with van der Waals surface area (Å²) in [6, 6.07) is 31.0. The van der Waals surface area contributed by atoms with Crippen molar-refractivity contribution in [2.75, 3.05) is 0 Å². The summed E-state index contributed by atoms with van der Waals surface area (Å²) in [5.74, 6) is 1.52. The topological polar surface area (TPSA) is 56.7 Å². The minimum atomic E-state index is -1.34. The average molecular weight is 787 g/mol. The number of rotatable bonds is 5. The number of aromatic nitrogens is 4. The van der Waals surface area contributed by atoms with Gasteiger partial charge in [-0.2, -0.15) is 0 Å². The molecule has 0 fully saturated rings. The molecule has 3 aromatic carbocycles. The Morgan fingerprint density at radius 2 is 1.73 bits per heavy atom. The molecule has 0 spiro atoms. The second-order valence-electron chi connectivity index (χ2n) is 12.8. The molecule has 45 heavy (non-hydrogen) atoms. The molecule has 0 aliphatic carbocycles. The standard InChI is InChI=1S/C20H14N3O.C18H24NSi.Ir/c1-12-6-3-10-16-17(12)23(2)19(22-16)15-8-4-7-13-14-9-5-11-21-20(14)24-18(13)15;1-14(2)11-16-12-17(15-9-7-6-8-10-15)19-13-18(16)20(3,4)5;/h3-7,9-11H,1-2H3;6-9,12-14H,11H2,1-5H3;/q2*-1;. The van der Waals surface area contributed by atoms with E-state index in [1.54, 1.807) is 6.20 Å². The first-order valence-corrected chi connectivity index (χ1v) is 18.7. The summed E-state index contributed by atoms with van der Waals surface area (Å²) < 4.78 is 8.13. The first-order valence-electron chi connectivity index (χ1n) is 15.2. The van der Waals surface area contributed by atoms with E-state index in [-0.39, 0.29) is 20.1 Å². The van der Waals surface area contributed by atoms with Gasteiger partial charge in [0.1, 0.15) is 0 Å². The molecule has 0 N–H and O–H groups in total. The Morgan fingerprint density at radius 1 is 0.911 bits per heavy atom. The number of aryl methyl sites for hydroxylation is 2. The summed E-state index contributed by atoms with van der Waals surface area (Å²) in [4.78, 5) is 13.8. The fourth-order valence-corrected chi connectivity index (χ4v) is 7.50. The molecular formula is C38H38IrN4OSi-2. The molecule has 0 atom stereocenters. The summed E-state index contributed by atoms with van der Waals surface area (Å²) in [5, 5.41) is 3.54. The largest absolute Gasteiger partial charge is 0.486 e. The fourth-order valence-electron chi connectivity index (χ4n) is 5.91. The van der Waals surface area contributed by atoms with Crippen molar-refractivity contribution in [3.05, 3.63) is 108 Å². The van der Waals surface area contributed by atoms with Gasteiger partial charge in [-0.15, -0.1) is 54.1 Å². The number of nitrogens with zero attached hydrogens (tertiary/aromatic N) is 4. The van der Waals surface area contributed by atoms with Crippen molar-refractivity contribution in [3.8, 4) is 22.6 Å². The van der Waals surface area contributed by atoms with Crippen LogP contribution in [0.15, 0.2) is 89.6 Å². The van der Waals surface area contributed by atoms with Crippen LogP contribution >= 0.6 is 0 Å². The molecule has 0 bridgehead atoms. The van der Waals surface area contributed by atoms with Crippen LogP contribution in [-0.2, 0) is 33.6 Å². The van der Waals surface area contributed by atoms with Gasteiger partial charge < -0.3 is 14.0 Å². The van der Waals surface area contributed by atoms with E-state index in [2.05, 4.69) is 91.5 Å². The summed E-state index contributed by atoms with van der Waals surface area (Å²) in [7, 11) is 0.692. The number of pyridine rings is 2. The first kappa shape index (κ1) is 32.5. The van der Waals surface area contributed by atoms with E-state index in [0.717, 1.165) is 56.5 Å². The predicted molar refractivity (Wildman–Crippen MR) is 185 cm³/mol. The van der Waals surface area contributed by atoms with Gasteiger partial charge in [-0.1, -0.05) is 68.2 Å². The SMILES string of the molecule is CC(C)Cc1cc(-c2[c-]cccc2)ncc1[Si](C)(C)C.Cc1cccc2nc(-c3[c-]ccc4c3oc3ncccc34)n(C)c12.[Ir]. The van der Waals surface area contributed by atoms with Crippen molar-refractivity contribution in [1.82, 2.24) is 19.5 Å². The Hall–Kier alpha value is -3.90. The maximum atomic E-state index is 6.02. The molecule has 7 rings (SSSR count). The fraction of sp³-hybridized carbons (Fsp3) is 0.237. The molecule has 5 nitrogen and oxygen atoms in total. The van der Waals surface area contributed by atoms with Crippen LogP contribution in [0.5, 0.6) is 0 Å². The Balaban J connectivity index is 0.000000177. The van der Waals surface area contributed by atoms with Gasteiger partial charge in [0.2, 0.25) is 5.71 Å². The monoisotopic (exact) mass is 787 g/mol. The van der Waals surface area contributed by atoms with Crippen LogP contribution < -0.4 is 5.19 Å². The van der Waals surface area contributed by atoms with Crippen molar-refractivity contribution in [1.29, 1.82) is 0 Å². The third kappa shape index (κ3) is 6.57. The molecule has 0 saturated carbocycles. The van der Waals surface area contributed by atoms with E-state index in [4.69, 9.17) is 9.40 Å². The Kier molecular flexibility index (Phi) is 9.54. The number of benzene rings is 3. The molecule has 0 aliphatic heterocycles. The van der Waals surface area contributed by atoms with E-state index in [9.17, 15) is 0 Å². The van der Waals surface area contributed by atoms with E-state index in [1.165, 1.54) is 16.3 Å². The van der Waals surface area contributed by atoms with Gasteiger partial charge in [0.25, 0.3) is 0 Å². The van der Waals surface area contributed by atoms with Gasteiger partial charge >= 0.3 is 0 Å². The normalized spacial score (nSPS) is 11.6. The molecule has 7 aromatic rings. The summed E-state index contributed by atoms with van der Waals surface area (Å²) in [6.45, 7) is 13.8. The molecule has 0 saturated heterocycles. The van der Waals surface area contributed by atoms with Crippen molar-refractivity contribution < 1.29 is 24.5 Å². The van der Waals surface area contributed by atoms with Crippen LogP contribution in [0.4, 0.5) is 0 Å². The summed E-state index contributed by atoms with van der Waals surface area (Å²) in [6.07, 6.45) is 4.98. The van der Waals surface area contributed by atoms with E-state index in [0.29, 0.717) is 11.6 Å². The van der Waals surface area contributed by atoms with Crippen LogP contribution in [0.3, 0.4) is 0 Å². The van der Waals surface area contributed by atoms with Gasteiger partial charge in [-0.3, -0.25) is 4.98 Å². The second kappa shape index (κ2) is 13.2. The van der Waals surface area contributed by atoms with Gasteiger partial charge in [0, 0.05) is 44.9 Å². The zero-order chi connectivity index (χ0) is 31.0. The molecule has 0 amide bonds. The molecular weight excluding hydrogens is 749 g/mol. The third-order valence-electron chi connectivity index (χ3n) is 7.94. The van der Waals surface area contributed by atoms with E-state index in [1.807, 2.05) is 61.6 Å². The maximum absolute atomic E-state index is 6.02. The first-order chi connectivity index (χ1) is 21.1. The van der Waals surface area contributed by atoms with Gasteiger partial charge in [0.15, 0.2) is 0 Å². The number of imidazole rings is 1.